The van der Waals surface area contributed by atoms with Crippen LogP contribution in [-0.2, 0) is 0 Å². The molecule has 0 aliphatic carbocycles. The number of aliphatic hydroxyl groups excluding tert-OH is 1. The minimum absolute atomic E-state index is 0.276. The summed E-state index contributed by atoms with van der Waals surface area (Å²) >= 11 is 2.11. The Morgan fingerprint density at radius 3 is 2.50 bits per heavy atom. The molecule has 0 radical (unpaired) electrons. The highest BCUT2D eigenvalue weighted by molar-refractivity contribution is 14.1. The van der Waals surface area contributed by atoms with E-state index in [2.05, 4.69) is 22.6 Å². The first kappa shape index (κ1) is 13.4. The highest BCUT2D eigenvalue weighted by Gasteiger charge is 2.07. The molecule has 0 amide bonds. The van der Waals surface area contributed by atoms with Crippen LogP contribution in [0.2, 0.25) is 0 Å². The number of alkyl halides is 1. The number of hydrogen-bond acceptors (Lipinski definition) is 4. The molecule has 1 unspecified atom stereocenters. The summed E-state index contributed by atoms with van der Waals surface area (Å²) in [7, 11) is 3.15. The van der Waals surface area contributed by atoms with Crippen LogP contribution in [0.3, 0.4) is 0 Å². The number of hydrogen-bond donors (Lipinski definition) is 1. The van der Waals surface area contributed by atoms with Gasteiger partial charge in [-0.05, 0) is 12.1 Å². The normalized spacial score (nSPS) is 12.0. The zero-order chi connectivity index (χ0) is 12.0. The van der Waals surface area contributed by atoms with E-state index in [0.29, 0.717) is 21.7 Å². The number of halogens is 1. The summed E-state index contributed by atoms with van der Waals surface area (Å²) in [6, 6.07) is 5.28. The lowest BCUT2D eigenvalue weighted by Crippen LogP contribution is -2.18. The Kier molecular flexibility index (Phi) is 5.68. The third-order valence-electron chi connectivity index (χ3n) is 1.98. The van der Waals surface area contributed by atoms with Gasteiger partial charge in [-0.2, -0.15) is 0 Å². The van der Waals surface area contributed by atoms with Crippen molar-refractivity contribution in [3.8, 4) is 17.2 Å². The lowest BCUT2D eigenvalue weighted by atomic mass is 10.3. The molecule has 5 heteroatoms. The molecule has 0 saturated heterocycles. The Morgan fingerprint density at radius 1 is 1.25 bits per heavy atom. The van der Waals surface area contributed by atoms with Crippen LogP contribution in [0.4, 0.5) is 0 Å². The highest BCUT2D eigenvalue weighted by atomic mass is 127. The smallest absolute Gasteiger partial charge is 0.164 e. The van der Waals surface area contributed by atoms with Crippen LogP contribution in [0.5, 0.6) is 17.2 Å². The van der Waals surface area contributed by atoms with Gasteiger partial charge in [-0.25, -0.2) is 0 Å². The molecule has 0 bridgehead atoms. The third-order valence-corrected chi connectivity index (χ3v) is 2.99. The van der Waals surface area contributed by atoms with E-state index in [0.717, 1.165) is 0 Å². The maximum Gasteiger partial charge on any atom is 0.164 e. The van der Waals surface area contributed by atoms with E-state index in [9.17, 15) is 5.11 Å². The van der Waals surface area contributed by atoms with Gasteiger partial charge in [-0.1, -0.05) is 22.6 Å². The van der Waals surface area contributed by atoms with E-state index in [1.54, 1.807) is 32.4 Å². The van der Waals surface area contributed by atoms with Gasteiger partial charge >= 0.3 is 0 Å². The van der Waals surface area contributed by atoms with Crippen molar-refractivity contribution in [1.82, 2.24) is 0 Å². The molecule has 1 aromatic carbocycles. The monoisotopic (exact) mass is 338 g/mol. The van der Waals surface area contributed by atoms with Crippen LogP contribution in [0.25, 0.3) is 0 Å². The fraction of sp³-hybridized carbons (Fsp3) is 0.455. The third kappa shape index (κ3) is 3.71. The average Bonchev–Trinajstić information content (AvgIpc) is 2.35. The van der Waals surface area contributed by atoms with E-state index in [-0.39, 0.29) is 6.61 Å². The van der Waals surface area contributed by atoms with Gasteiger partial charge in [0.15, 0.2) is 11.5 Å². The minimum Gasteiger partial charge on any atom is -0.493 e. The number of aliphatic hydroxyl groups is 1. The van der Waals surface area contributed by atoms with Gasteiger partial charge < -0.3 is 19.3 Å². The van der Waals surface area contributed by atoms with Gasteiger partial charge in [0.05, 0.1) is 20.3 Å². The van der Waals surface area contributed by atoms with Crippen molar-refractivity contribution in [3.63, 3.8) is 0 Å². The van der Waals surface area contributed by atoms with Crippen molar-refractivity contribution in [1.29, 1.82) is 0 Å². The predicted octanol–water partition coefficient (Wildman–Crippen LogP) is 1.88. The Hall–Kier alpha value is -0.690. The van der Waals surface area contributed by atoms with Gasteiger partial charge in [0, 0.05) is 10.5 Å². The molecule has 1 rings (SSSR count). The van der Waals surface area contributed by atoms with Crippen LogP contribution in [0.1, 0.15) is 0 Å². The molecule has 0 fully saturated rings. The second-order valence-corrected chi connectivity index (χ2v) is 4.02. The number of methoxy groups -OCH3 is 2. The Balaban J connectivity index is 2.67. The van der Waals surface area contributed by atoms with Crippen LogP contribution in [0, 0.1) is 0 Å². The van der Waals surface area contributed by atoms with Crippen molar-refractivity contribution in [3.05, 3.63) is 18.2 Å². The molecule has 1 aromatic rings. The Labute approximate surface area is 109 Å². The molecule has 0 aromatic heterocycles. The van der Waals surface area contributed by atoms with Crippen LogP contribution in [0.15, 0.2) is 18.2 Å². The standard InChI is InChI=1S/C11H15IO4/c1-14-10-4-3-9(5-11(10)15-2)16-7-8(13)6-12/h3-5,8,13H,6-7H2,1-2H3. The summed E-state index contributed by atoms with van der Waals surface area (Å²) in [6.45, 7) is 0.276. The lowest BCUT2D eigenvalue weighted by Gasteiger charge is -2.12. The van der Waals surface area contributed by atoms with Crippen molar-refractivity contribution >= 4 is 22.6 Å². The van der Waals surface area contributed by atoms with E-state index in [4.69, 9.17) is 14.2 Å². The summed E-state index contributed by atoms with van der Waals surface area (Å²) < 4.78 is 16.3. The summed E-state index contributed by atoms with van der Waals surface area (Å²) in [5, 5.41) is 9.36. The first-order chi connectivity index (χ1) is 7.71. The molecule has 0 aliphatic rings. The molecule has 0 saturated carbocycles. The average molecular weight is 338 g/mol. The molecule has 0 heterocycles. The molecule has 16 heavy (non-hydrogen) atoms. The number of rotatable bonds is 6. The number of benzene rings is 1. The Bertz CT molecular complexity index is 330. The molecular formula is C11H15IO4. The van der Waals surface area contributed by atoms with Crippen LogP contribution < -0.4 is 14.2 Å². The summed E-state index contributed by atoms with van der Waals surface area (Å²) in [5.74, 6) is 1.93. The SMILES string of the molecule is COc1ccc(OCC(O)CI)cc1OC. The molecule has 1 N–H and O–H groups in total. The predicted molar refractivity (Wildman–Crippen MR) is 69.9 cm³/mol. The second kappa shape index (κ2) is 6.80. The molecule has 90 valence electrons. The minimum atomic E-state index is -0.450. The molecule has 1 atom stereocenters. The largest absolute Gasteiger partial charge is 0.493 e. The van der Waals surface area contributed by atoms with Crippen molar-refractivity contribution in [2.24, 2.45) is 0 Å². The molecule has 0 spiro atoms. The van der Waals surface area contributed by atoms with Crippen molar-refractivity contribution in [2.45, 2.75) is 6.10 Å². The Morgan fingerprint density at radius 2 is 1.94 bits per heavy atom. The van der Waals surface area contributed by atoms with E-state index in [1.165, 1.54) is 0 Å². The zero-order valence-corrected chi connectivity index (χ0v) is 11.4. The fourth-order valence-electron chi connectivity index (χ4n) is 1.14. The van der Waals surface area contributed by atoms with E-state index in [1.807, 2.05) is 0 Å². The fourth-order valence-corrected chi connectivity index (χ4v) is 1.40. The van der Waals surface area contributed by atoms with Crippen LogP contribution >= 0.6 is 22.6 Å². The van der Waals surface area contributed by atoms with Crippen molar-refractivity contribution in [2.75, 3.05) is 25.3 Å². The number of ether oxygens (including phenoxy) is 3. The first-order valence-electron chi connectivity index (χ1n) is 4.80. The maximum absolute atomic E-state index is 9.36. The zero-order valence-electron chi connectivity index (χ0n) is 9.27. The van der Waals surface area contributed by atoms with Crippen LogP contribution in [-0.4, -0.2) is 36.5 Å². The van der Waals surface area contributed by atoms with Gasteiger partial charge in [0.2, 0.25) is 0 Å². The van der Waals surface area contributed by atoms with Gasteiger partial charge in [0.1, 0.15) is 12.4 Å². The molecular weight excluding hydrogens is 323 g/mol. The van der Waals surface area contributed by atoms with Gasteiger partial charge in [0.25, 0.3) is 0 Å². The second-order valence-electron chi connectivity index (χ2n) is 3.14. The van der Waals surface area contributed by atoms with Gasteiger partial charge in [-0.3, -0.25) is 0 Å². The van der Waals surface area contributed by atoms with E-state index >= 15 is 0 Å². The van der Waals surface area contributed by atoms with Crippen molar-refractivity contribution < 1.29 is 19.3 Å². The first-order valence-corrected chi connectivity index (χ1v) is 6.32. The molecule has 0 aliphatic heterocycles. The topological polar surface area (TPSA) is 47.9 Å². The maximum atomic E-state index is 9.36. The summed E-state index contributed by atoms with van der Waals surface area (Å²) in [5.41, 5.74) is 0. The van der Waals surface area contributed by atoms with Gasteiger partial charge in [-0.15, -0.1) is 0 Å². The summed E-state index contributed by atoms with van der Waals surface area (Å²) in [4.78, 5) is 0. The molecule has 4 nitrogen and oxygen atoms in total. The highest BCUT2D eigenvalue weighted by Crippen LogP contribution is 2.30. The quantitative estimate of drug-likeness (QED) is 0.636. The lowest BCUT2D eigenvalue weighted by molar-refractivity contribution is 0.128. The van der Waals surface area contributed by atoms with E-state index < -0.39 is 6.10 Å². The summed E-state index contributed by atoms with van der Waals surface area (Å²) in [6.07, 6.45) is -0.450.